The fraction of sp³-hybridized carbons (Fsp3) is 0.348. The van der Waals surface area contributed by atoms with Crippen molar-refractivity contribution in [2.45, 2.75) is 32.6 Å². The number of methoxy groups -OCH3 is 1. The van der Waals surface area contributed by atoms with Crippen molar-refractivity contribution in [3.63, 3.8) is 0 Å². The number of nitrogens with one attached hydrogen (secondary N) is 3. The Morgan fingerprint density at radius 3 is 2.65 bits per heavy atom. The fourth-order valence-corrected chi connectivity index (χ4v) is 3.26. The molecule has 1 unspecified atom stereocenters. The van der Waals surface area contributed by atoms with Crippen LogP contribution in [0.2, 0.25) is 0 Å². The number of hydrogen-bond acceptors (Lipinski definition) is 5. The lowest BCUT2D eigenvalue weighted by Crippen LogP contribution is -2.45. The highest BCUT2D eigenvalue weighted by Crippen LogP contribution is 2.32. The van der Waals surface area contributed by atoms with Crippen LogP contribution in [0.4, 0.5) is 5.69 Å². The predicted octanol–water partition coefficient (Wildman–Crippen LogP) is 3.01. The largest absolute Gasteiger partial charge is 0.493 e. The third kappa shape index (κ3) is 5.53. The Morgan fingerprint density at radius 1 is 1.13 bits per heavy atom. The molecule has 3 rings (SSSR count). The molecule has 0 saturated carbocycles. The van der Waals surface area contributed by atoms with Crippen LogP contribution < -0.4 is 25.6 Å². The first-order chi connectivity index (χ1) is 14.9. The molecule has 31 heavy (non-hydrogen) atoms. The van der Waals surface area contributed by atoms with E-state index in [4.69, 9.17) is 9.47 Å². The Morgan fingerprint density at radius 2 is 1.90 bits per heavy atom. The van der Waals surface area contributed by atoms with Gasteiger partial charge in [0.1, 0.15) is 0 Å². The average Bonchev–Trinajstić information content (AvgIpc) is 2.76. The van der Waals surface area contributed by atoms with Crippen LogP contribution in [0.15, 0.2) is 42.5 Å². The highest BCUT2D eigenvalue weighted by molar-refractivity contribution is 6.02. The third-order valence-corrected chi connectivity index (χ3v) is 4.99. The molecule has 0 fully saturated rings. The summed E-state index contributed by atoms with van der Waals surface area (Å²) >= 11 is 0. The van der Waals surface area contributed by atoms with Crippen molar-refractivity contribution < 1.29 is 23.9 Å². The summed E-state index contributed by atoms with van der Waals surface area (Å²) in [5, 5.41) is 2.74. The molecule has 0 radical (unpaired) electrons. The molecule has 8 nitrogen and oxygen atoms in total. The Hall–Kier alpha value is -3.55. The summed E-state index contributed by atoms with van der Waals surface area (Å²) in [6, 6.07) is 11.9. The van der Waals surface area contributed by atoms with E-state index >= 15 is 0 Å². The number of rotatable bonds is 7. The summed E-state index contributed by atoms with van der Waals surface area (Å²) in [5.41, 5.74) is 6.43. The van der Waals surface area contributed by atoms with Gasteiger partial charge in [-0.15, -0.1) is 0 Å². The molecule has 2 aromatic rings. The lowest BCUT2D eigenvalue weighted by molar-refractivity contribution is -0.126. The van der Waals surface area contributed by atoms with Gasteiger partial charge in [-0.1, -0.05) is 32.0 Å². The minimum Gasteiger partial charge on any atom is -0.493 e. The molecule has 1 aliphatic heterocycles. The van der Waals surface area contributed by atoms with Gasteiger partial charge < -0.3 is 14.8 Å². The molecule has 164 valence electrons. The second kappa shape index (κ2) is 9.97. The van der Waals surface area contributed by atoms with Gasteiger partial charge in [-0.3, -0.25) is 25.2 Å². The molecule has 1 heterocycles. The van der Waals surface area contributed by atoms with E-state index in [-0.39, 0.29) is 12.3 Å². The SMILES string of the molecule is COc1cc(C(=O)NNC(=O)C2CC(=O)Nc3ccccc32)ccc1OCCC(C)C. The van der Waals surface area contributed by atoms with Gasteiger partial charge in [0.25, 0.3) is 5.91 Å². The van der Waals surface area contributed by atoms with Gasteiger partial charge in [-0.05, 0) is 42.2 Å². The molecule has 0 saturated heterocycles. The molecular formula is C23H27N3O5. The van der Waals surface area contributed by atoms with E-state index in [0.717, 1.165) is 6.42 Å². The van der Waals surface area contributed by atoms with Crippen molar-refractivity contribution in [2.75, 3.05) is 19.0 Å². The minimum absolute atomic E-state index is 0.00888. The smallest absolute Gasteiger partial charge is 0.269 e. The monoisotopic (exact) mass is 425 g/mol. The maximum absolute atomic E-state index is 12.6. The van der Waals surface area contributed by atoms with E-state index in [1.165, 1.54) is 7.11 Å². The lowest BCUT2D eigenvalue weighted by atomic mass is 9.90. The van der Waals surface area contributed by atoms with E-state index in [1.807, 2.05) is 0 Å². The third-order valence-electron chi connectivity index (χ3n) is 4.99. The normalized spacial score (nSPS) is 15.0. The van der Waals surface area contributed by atoms with Crippen LogP contribution >= 0.6 is 0 Å². The molecule has 1 aliphatic rings. The van der Waals surface area contributed by atoms with Gasteiger partial charge in [0.2, 0.25) is 11.8 Å². The van der Waals surface area contributed by atoms with E-state index in [1.54, 1.807) is 42.5 Å². The second-order valence-electron chi connectivity index (χ2n) is 7.73. The number of hydrazine groups is 1. The van der Waals surface area contributed by atoms with Gasteiger partial charge in [0.05, 0.1) is 19.6 Å². The first kappa shape index (κ1) is 22.1. The topological polar surface area (TPSA) is 106 Å². The summed E-state index contributed by atoms with van der Waals surface area (Å²) in [7, 11) is 1.50. The maximum atomic E-state index is 12.6. The quantitative estimate of drug-likeness (QED) is 0.592. The summed E-state index contributed by atoms with van der Waals surface area (Å²) in [6.07, 6.45) is 0.911. The lowest BCUT2D eigenvalue weighted by Gasteiger charge is -2.24. The van der Waals surface area contributed by atoms with Gasteiger partial charge >= 0.3 is 0 Å². The van der Waals surface area contributed by atoms with Gasteiger partial charge in [0.15, 0.2) is 11.5 Å². The van der Waals surface area contributed by atoms with Gasteiger partial charge in [-0.25, -0.2) is 0 Å². The van der Waals surface area contributed by atoms with E-state index in [2.05, 4.69) is 30.0 Å². The number of fused-ring (bicyclic) bond motifs is 1. The fourth-order valence-electron chi connectivity index (χ4n) is 3.26. The Bertz CT molecular complexity index is 973. The number of carbonyl (C=O) groups is 3. The standard InChI is InChI=1S/C23H27N3O5/c1-14(2)10-11-31-19-9-8-15(12-20(19)30-3)22(28)25-26-23(29)17-13-21(27)24-18-7-5-4-6-16(17)18/h4-9,12,14,17H,10-11,13H2,1-3H3,(H,24,27)(H,25,28)(H,26,29). The van der Waals surface area contributed by atoms with Crippen molar-refractivity contribution >= 4 is 23.4 Å². The highest BCUT2D eigenvalue weighted by atomic mass is 16.5. The van der Waals surface area contributed by atoms with Crippen LogP contribution in [0.3, 0.4) is 0 Å². The van der Waals surface area contributed by atoms with Crippen LogP contribution in [0.1, 0.15) is 48.5 Å². The van der Waals surface area contributed by atoms with Crippen molar-refractivity contribution in [3.05, 3.63) is 53.6 Å². The zero-order valence-corrected chi connectivity index (χ0v) is 17.9. The van der Waals surface area contributed by atoms with Crippen LogP contribution in [-0.4, -0.2) is 31.4 Å². The number of hydrogen-bond donors (Lipinski definition) is 3. The number of carbonyl (C=O) groups excluding carboxylic acids is 3. The minimum atomic E-state index is -0.684. The molecule has 2 aromatic carbocycles. The summed E-state index contributed by atoms with van der Waals surface area (Å²) in [4.78, 5) is 37.1. The van der Waals surface area contributed by atoms with Crippen molar-refractivity contribution in [1.82, 2.24) is 10.9 Å². The Balaban J connectivity index is 1.63. The number of para-hydroxylation sites is 1. The summed E-state index contributed by atoms with van der Waals surface area (Å²) in [5.74, 6) is -0.402. The number of anilines is 1. The molecule has 3 N–H and O–H groups in total. The highest BCUT2D eigenvalue weighted by Gasteiger charge is 2.30. The maximum Gasteiger partial charge on any atom is 0.269 e. The van der Waals surface area contributed by atoms with E-state index in [9.17, 15) is 14.4 Å². The number of ether oxygens (including phenoxy) is 2. The zero-order chi connectivity index (χ0) is 22.4. The molecular weight excluding hydrogens is 398 g/mol. The Labute approximate surface area is 181 Å². The van der Waals surface area contributed by atoms with Crippen LogP contribution in [-0.2, 0) is 9.59 Å². The van der Waals surface area contributed by atoms with Crippen molar-refractivity contribution in [1.29, 1.82) is 0 Å². The zero-order valence-electron chi connectivity index (χ0n) is 17.9. The molecule has 0 bridgehead atoms. The van der Waals surface area contributed by atoms with Crippen LogP contribution in [0.25, 0.3) is 0 Å². The molecule has 3 amide bonds. The van der Waals surface area contributed by atoms with Gasteiger partial charge in [0, 0.05) is 17.7 Å². The average molecular weight is 425 g/mol. The van der Waals surface area contributed by atoms with Crippen LogP contribution in [0, 0.1) is 5.92 Å². The Kier molecular flexibility index (Phi) is 7.12. The molecule has 0 aliphatic carbocycles. The number of amides is 3. The molecule has 1 atom stereocenters. The van der Waals surface area contributed by atoms with Gasteiger partial charge in [-0.2, -0.15) is 0 Å². The van der Waals surface area contributed by atoms with Crippen molar-refractivity contribution in [2.24, 2.45) is 5.92 Å². The summed E-state index contributed by atoms with van der Waals surface area (Å²) < 4.78 is 11.1. The second-order valence-corrected chi connectivity index (χ2v) is 7.73. The first-order valence-corrected chi connectivity index (χ1v) is 10.2. The number of benzene rings is 2. The molecule has 0 spiro atoms. The van der Waals surface area contributed by atoms with Crippen LogP contribution in [0.5, 0.6) is 11.5 Å². The first-order valence-electron chi connectivity index (χ1n) is 10.2. The predicted molar refractivity (Wildman–Crippen MR) is 116 cm³/mol. The van der Waals surface area contributed by atoms with E-state index in [0.29, 0.717) is 40.8 Å². The van der Waals surface area contributed by atoms with Crippen molar-refractivity contribution in [3.8, 4) is 11.5 Å². The molecule has 0 aromatic heterocycles. The molecule has 8 heteroatoms. The van der Waals surface area contributed by atoms with E-state index < -0.39 is 17.7 Å². The summed E-state index contributed by atoms with van der Waals surface area (Å²) in [6.45, 7) is 4.77.